The maximum atomic E-state index is 12.6. The number of nitrogens with one attached hydrogen (secondary N) is 1. The highest BCUT2D eigenvalue weighted by Crippen LogP contribution is 2.47. The van der Waals surface area contributed by atoms with Crippen LogP contribution in [0.15, 0.2) is 23.1 Å². The number of benzene rings is 1. The van der Waals surface area contributed by atoms with Crippen molar-refractivity contribution in [2.45, 2.75) is 24.2 Å². The van der Waals surface area contributed by atoms with Crippen LogP contribution < -0.4 is 5.32 Å². The van der Waals surface area contributed by atoms with Crippen molar-refractivity contribution in [3.63, 3.8) is 0 Å². The smallest absolute Gasteiger partial charge is 0.340 e. The van der Waals surface area contributed by atoms with Gasteiger partial charge in [0.1, 0.15) is 0 Å². The molecule has 1 aromatic rings. The number of para-hydroxylation sites is 1. The van der Waals surface area contributed by atoms with E-state index in [0.717, 1.165) is 6.42 Å². The fraction of sp³-hybridized carbons (Fsp3) is 0.429. The second kappa shape index (κ2) is 4.56. The van der Waals surface area contributed by atoms with Crippen molar-refractivity contribution in [2.75, 3.05) is 18.2 Å². The van der Waals surface area contributed by atoms with Gasteiger partial charge >= 0.3 is 5.97 Å². The average molecular weight is 309 g/mol. The van der Waals surface area contributed by atoms with Crippen molar-refractivity contribution in [3.8, 4) is 0 Å². The average Bonchev–Trinajstić information content (AvgIpc) is 2.50. The normalized spacial score (nSPS) is 21.7. The molecule has 1 heterocycles. The molecule has 21 heavy (non-hydrogen) atoms. The zero-order valence-electron chi connectivity index (χ0n) is 11.5. The van der Waals surface area contributed by atoms with Crippen LogP contribution in [0.1, 0.15) is 29.6 Å². The number of anilines is 1. The third kappa shape index (κ3) is 2.03. The molecule has 1 saturated carbocycles. The number of sulfone groups is 1. The molecule has 112 valence electrons. The summed E-state index contributed by atoms with van der Waals surface area (Å²) in [6, 6.07) is 4.34. The Bertz CT molecular complexity index is 734. The Balaban J connectivity index is 2.20. The molecular formula is C14H15NO5S. The van der Waals surface area contributed by atoms with Crippen molar-refractivity contribution in [1.29, 1.82) is 0 Å². The molecule has 0 atom stereocenters. The molecule has 1 aromatic carbocycles. The van der Waals surface area contributed by atoms with Crippen LogP contribution in [0.3, 0.4) is 0 Å². The first-order valence-electron chi connectivity index (χ1n) is 6.65. The van der Waals surface area contributed by atoms with E-state index in [-0.39, 0.29) is 27.8 Å². The molecule has 3 rings (SSSR count). The van der Waals surface area contributed by atoms with E-state index < -0.39 is 21.2 Å². The summed E-state index contributed by atoms with van der Waals surface area (Å²) >= 11 is 0. The van der Waals surface area contributed by atoms with Crippen LogP contribution in [-0.2, 0) is 19.4 Å². The third-order valence-corrected chi connectivity index (χ3v) is 6.21. The summed E-state index contributed by atoms with van der Waals surface area (Å²) in [5.41, 5.74) is -0.757. The Labute approximate surface area is 122 Å². The summed E-state index contributed by atoms with van der Waals surface area (Å²) in [4.78, 5) is 24.2. The maximum absolute atomic E-state index is 12.6. The van der Waals surface area contributed by atoms with Crippen LogP contribution in [-0.4, -0.2) is 33.2 Å². The lowest BCUT2D eigenvalue weighted by molar-refractivity contribution is -0.128. The van der Waals surface area contributed by atoms with E-state index in [4.69, 9.17) is 0 Å². The fourth-order valence-corrected chi connectivity index (χ4v) is 4.99. The zero-order chi connectivity index (χ0) is 15.3. The molecule has 0 bridgehead atoms. The van der Waals surface area contributed by atoms with Gasteiger partial charge in [-0.15, -0.1) is 0 Å². The number of rotatable bonds is 1. The molecule has 0 aromatic heterocycles. The summed E-state index contributed by atoms with van der Waals surface area (Å²) < 4.78 is 29.8. The predicted octanol–water partition coefficient (Wildman–Crippen LogP) is 1.37. The van der Waals surface area contributed by atoms with Crippen LogP contribution in [0.25, 0.3) is 0 Å². The predicted molar refractivity (Wildman–Crippen MR) is 74.7 cm³/mol. The highest BCUT2D eigenvalue weighted by molar-refractivity contribution is 7.91. The lowest BCUT2D eigenvalue weighted by Gasteiger charge is -2.38. The minimum absolute atomic E-state index is 0.0116. The van der Waals surface area contributed by atoms with Crippen molar-refractivity contribution in [1.82, 2.24) is 0 Å². The number of fused-ring (bicyclic) bond motifs is 1. The Morgan fingerprint density at radius 2 is 2.05 bits per heavy atom. The first-order valence-corrected chi connectivity index (χ1v) is 8.30. The molecular weight excluding hydrogens is 294 g/mol. The number of amides is 1. The molecule has 1 aliphatic heterocycles. The second-order valence-electron chi connectivity index (χ2n) is 5.52. The van der Waals surface area contributed by atoms with Crippen LogP contribution in [0.5, 0.6) is 0 Å². The van der Waals surface area contributed by atoms with Crippen LogP contribution in [0, 0.1) is 5.41 Å². The molecule has 1 aliphatic carbocycles. The van der Waals surface area contributed by atoms with Gasteiger partial charge in [-0.1, -0.05) is 12.5 Å². The molecule has 1 N–H and O–H groups in total. The maximum Gasteiger partial charge on any atom is 0.340 e. The molecule has 1 amide bonds. The summed E-state index contributed by atoms with van der Waals surface area (Å²) in [7, 11) is -2.42. The van der Waals surface area contributed by atoms with E-state index in [1.807, 2.05) is 0 Å². The van der Waals surface area contributed by atoms with E-state index in [9.17, 15) is 18.0 Å². The van der Waals surface area contributed by atoms with Gasteiger partial charge in [0, 0.05) is 0 Å². The van der Waals surface area contributed by atoms with Gasteiger partial charge in [0.05, 0.1) is 34.4 Å². The first kappa shape index (κ1) is 14.1. The molecule has 1 fully saturated rings. The summed E-state index contributed by atoms with van der Waals surface area (Å²) in [6.45, 7) is 0. The van der Waals surface area contributed by atoms with Gasteiger partial charge < -0.3 is 10.1 Å². The Morgan fingerprint density at radius 1 is 1.33 bits per heavy atom. The lowest BCUT2D eigenvalue weighted by Crippen LogP contribution is -2.45. The number of carbonyl (C=O) groups excluding carboxylic acids is 2. The van der Waals surface area contributed by atoms with Gasteiger partial charge in [0.2, 0.25) is 5.91 Å². The van der Waals surface area contributed by atoms with Gasteiger partial charge in [-0.25, -0.2) is 13.2 Å². The van der Waals surface area contributed by atoms with E-state index in [1.54, 1.807) is 0 Å². The van der Waals surface area contributed by atoms with Crippen LogP contribution >= 0.6 is 0 Å². The summed E-state index contributed by atoms with van der Waals surface area (Å²) in [5.74, 6) is -1.21. The van der Waals surface area contributed by atoms with Gasteiger partial charge in [-0.05, 0) is 25.0 Å². The lowest BCUT2D eigenvalue weighted by atomic mass is 9.69. The largest absolute Gasteiger partial charge is 0.465 e. The highest BCUT2D eigenvalue weighted by atomic mass is 32.2. The first-order chi connectivity index (χ1) is 9.89. The van der Waals surface area contributed by atoms with Crippen molar-refractivity contribution in [3.05, 3.63) is 23.8 Å². The molecule has 7 heteroatoms. The SMILES string of the molecule is COC(=O)c1cccc2c1NC(=O)C1(CCC1)CS2(=O)=O. The molecule has 0 saturated heterocycles. The van der Waals surface area contributed by atoms with Crippen molar-refractivity contribution in [2.24, 2.45) is 5.41 Å². The number of carbonyl (C=O) groups is 2. The van der Waals surface area contributed by atoms with Crippen LogP contribution in [0.2, 0.25) is 0 Å². The van der Waals surface area contributed by atoms with Gasteiger partial charge in [0.25, 0.3) is 0 Å². The van der Waals surface area contributed by atoms with Crippen LogP contribution in [0.4, 0.5) is 5.69 Å². The minimum atomic E-state index is -3.64. The van der Waals surface area contributed by atoms with Gasteiger partial charge in [0.15, 0.2) is 9.84 Å². The Hall–Kier alpha value is -1.89. The zero-order valence-corrected chi connectivity index (χ0v) is 12.3. The molecule has 0 radical (unpaired) electrons. The number of hydrogen-bond donors (Lipinski definition) is 1. The second-order valence-corrected chi connectivity index (χ2v) is 7.48. The quantitative estimate of drug-likeness (QED) is 0.791. The number of methoxy groups -OCH3 is 1. The number of esters is 1. The fourth-order valence-electron chi connectivity index (χ4n) is 2.93. The topological polar surface area (TPSA) is 89.5 Å². The molecule has 0 unspecified atom stereocenters. The number of ether oxygens (including phenoxy) is 1. The number of hydrogen-bond acceptors (Lipinski definition) is 5. The monoisotopic (exact) mass is 309 g/mol. The van der Waals surface area contributed by atoms with E-state index >= 15 is 0 Å². The van der Waals surface area contributed by atoms with Gasteiger partial charge in [-0.2, -0.15) is 0 Å². The third-order valence-electron chi connectivity index (χ3n) is 4.26. The van der Waals surface area contributed by atoms with Crippen molar-refractivity contribution < 1.29 is 22.7 Å². The van der Waals surface area contributed by atoms with E-state index in [1.165, 1.54) is 25.3 Å². The van der Waals surface area contributed by atoms with E-state index in [0.29, 0.717) is 12.8 Å². The standard InChI is InChI=1S/C14H15NO5S/c1-20-12(16)9-4-2-5-10-11(9)15-13(17)14(6-3-7-14)8-21(10,18)19/h2,4-5H,3,6-8H2,1H3,(H,15,17). The van der Waals surface area contributed by atoms with Crippen molar-refractivity contribution >= 4 is 27.4 Å². The van der Waals surface area contributed by atoms with E-state index in [2.05, 4.69) is 10.1 Å². The Morgan fingerprint density at radius 3 is 2.62 bits per heavy atom. The minimum Gasteiger partial charge on any atom is -0.465 e. The molecule has 6 nitrogen and oxygen atoms in total. The van der Waals surface area contributed by atoms with Gasteiger partial charge in [-0.3, -0.25) is 4.79 Å². The molecule has 1 spiro atoms. The summed E-state index contributed by atoms with van der Waals surface area (Å²) in [5, 5.41) is 2.64. The Kier molecular flexibility index (Phi) is 3.05. The highest BCUT2D eigenvalue weighted by Gasteiger charge is 2.50. The summed E-state index contributed by atoms with van der Waals surface area (Å²) in [6.07, 6.45) is 1.95. The molecule has 2 aliphatic rings.